The topological polar surface area (TPSA) is 106 Å². The van der Waals surface area contributed by atoms with Crippen molar-refractivity contribution in [3.63, 3.8) is 0 Å². The van der Waals surface area contributed by atoms with Crippen LogP contribution in [0, 0.1) is 11.7 Å². The summed E-state index contributed by atoms with van der Waals surface area (Å²) in [6.07, 6.45) is 7.15. The number of carbonyl (C=O) groups is 1. The van der Waals surface area contributed by atoms with Gasteiger partial charge in [0.05, 0.1) is 17.9 Å². The second kappa shape index (κ2) is 10.0. The van der Waals surface area contributed by atoms with Crippen LogP contribution in [-0.4, -0.2) is 35.1 Å². The number of rotatable bonds is 7. The Morgan fingerprint density at radius 1 is 1.09 bits per heavy atom. The Labute approximate surface area is 198 Å². The van der Waals surface area contributed by atoms with E-state index in [2.05, 4.69) is 20.1 Å². The molecule has 1 fully saturated rings. The molecule has 1 aliphatic rings. The van der Waals surface area contributed by atoms with E-state index in [0.29, 0.717) is 31.4 Å². The van der Waals surface area contributed by atoms with Crippen LogP contribution in [0.3, 0.4) is 0 Å². The molecular weight excluding hydrogens is 457 g/mol. The third-order valence-corrected chi connectivity index (χ3v) is 7.70. The van der Waals surface area contributed by atoms with Gasteiger partial charge in [-0.1, -0.05) is 12.1 Å². The van der Waals surface area contributed by atoms with Gasteiger partial charge in [0, 0.05) is 37.0 Å². The van der Waals surface area contributed by atoms with Gasteiger partial charge >= 0.3 is 0 Å². The van der Waals surface area contributed by atoms with Gasteiger partial charge in [-0.2, -0.15) is 5.10 Å². The smallest absolute Gasteiger partial charge is 0.242 e. The maximum atomic E-state index is 13.1. The fourth-order valence-corrected chi connectivity index (χ4v) is 5.44. The number of nitrogens with zero attached hydrogens (tertiary/aromatic N) is 3. The van der Waals surface area contributed by atoms with Crippen molar-refractivity contribution in [1.82, 2.24) is 24.8 Å². The summed E-state index contributed by atoms with van der Waals surface area (Å²) in [5.74, 6) is -0.555. The SMILES string of the molecule is C[C@@H](NC(=O)[C@H]1CC[C@H](NS(=O)(=O)c2ccc(-c3cnn(C)c3)nc2)CC1)c1ccc(F)cc1. The summed E-state index contributed by atoms with van der Waals surface area (Å²) in [7, 11) is -1.91. The highest BCUT2D eigenvalue weighted by Crippen LogP contribution is 2.27. The average Bonchev–Trinajstić information content (AvgIpc) is 3.26. The molecule has 2 aromatic heterocycles. The van der Waals surface area contributed by atoms with Crippen LogP contribution in [0.5, 0.6) is 0 Å². The largest absolute Gasteiger partial charge is 0.349 e. The lowest BCUT2D eigenvalue weighted by Gasteiger charge is -2.29. The van der Waals surface area contributed by atoms with Crippen LogP contribution in [-0.2, 0) is 21.9 Å². The van der Waals surface area contributed by atoms with Gasteiger partial charge in [0.25, 0.3) is 0 Å². The molecule has 0 radical (unpaired) electrons. The Morgan fingerprint density at radius 2 is 1.79 bits per heavy atom. The molecule has 2 N–H and O–H groups in total. The Kier molecular flexibility index (Phi) is 7.08. The molecule has 0 spiro atoms. The van der Waals surface area contributed by atoms with Crippen LogP contribution in [0.2, 0.25) is 0 Å². The van der Waals surface area contributed by atoms with Gasteiger partial charge in [-0.05, 0) is 62.4 Å². The molecule has 0 unspecified atom stereocenters. The number of nitrogens with one attached hydrogen (secondary N) is 2. The molecule has 0 aliphatic heterocycles. The zero-order valence-electron chi connectivity index (χ0n) is 19.1. The van der Waals surface area contributed by atoms with Crippen molar-refractivity contribution in [3.8, 4) is 11.3 Å². The van der Waals surface area contributed by atoms with E-state index in [9.17, 15) is 17.6 Å². The minimum atomic E-state index is -3.71. The predicted molar refractivity (Wildman–Crippen MR) is 125 cm³/mol. The third-order valence-electron chi connectivity index (χ3n) is 6.20. The summed E-state index contributed by atoms with van der Waals surface area (Å²) >= 11 is 0. The fourth-order valence-electron chi connectivity index (χ4n) is 4.19. The molecule has 34 heavy (non-hydrogen) atoms. The van der Waals surface area contributed by atoms with Crippen molar-refractivity contribution in [3.05, 3.63) is 66.4 Å². The second-order valence-electron chi connectivity index (χ2n) is 8.73. The first-order valence-electron chi connectivity index (χ1n) is 11.2. The van der Waals surface area contributed by atoms with Crippen LogP contribution in [0.4, 0.5) is 4.39 Å². The van der Waals surface area contributed by atoms with Gasteiger partial charge in [0.15, 0.2) is 0 Å². The highest BCUT2D eigenvalue weighted by molar-refractivity contribution is 7.89. The summed E-state index contributed by atoms with van der Waals surface area (Å²) in [5, 5.41) is 7.08. The predicted octanol–water partition coefficient (Wildman–Crippen LogP) is 3.34. The van der Waals surface area contributed by atoms with Gasteiger partial charge in [-0.25, -0.2) is 17.5 Å². The molecule has 1 amide bonds. The normalized spacial score (nSPS) is 19.5. The zero-order chi connectivity index (χ0) is 24.3. The van der Waals surface area contributed by atoms with E-state index in [4.69, 9.17) is 0 Å². The Balaban J connectivity index is 1.29. The van der Waals surface area contributed by atoms with Crippen LogP contribution >= 0.6 is 0 Å². The molecule has 3 aromatic rings. The maximum absolute atomic E-state index is 13.1. The Hall–Kier alpha value is -3.11. The van der Waals surface area contributed by atoms with E-state index in [0.717, 1.165) is 11.1 Å². The summed E-state index contributed by atoms with van der Waals surface area (Å²) < 4.78 is 43.2. The van der Waals surface area contributed by atoms with Gasteiger partial charge in [0.1, 0.15) is 10.7 Å². The first kappa shape index (κ1) is 24.0. The number of halogens is 1. The van der Waals surface area contributed by atoms with Gasteiger partial charge in [-0.3, -0.25) is 14.5 Å². The molecule has 1 atom stereocenters. The standard InChI is InChI=1S/C24H28FN5O3S/c1-16(17-3-7-20(25)8-4-17)28-24(31)18-5-9-21(10-6-18)29-34(32,33)22-11-12-23(26-14-22)19-13-27-30(2)15-19/h3-4,7-8,11-16,18,21,29H,5-6,9-10H2,1-2H3,(H,28,31)/t16-,18-,21-/m1/s1. The van der Waals surface area contributed by atoms with E-state index in [1.165, 1.54) is 24.4 Å². The van der Waals surface area contributed by atoms with Crippen molar-refractivity contribution in [2.75, 3.05) is 0 Å². The van der Waals surface area contributed by atoms with E-state index < -0.39 is 10.0 Å². The first-order chi connectivity index (χ1) is 16.2. The number of amides is 1. The lowest BCUT2D eigenvalue weighted by molar-refractivity contribution is -0.126. The molecule has 2 heterocycles. The summed E-state index contributed by atoms with van der Waals surface area (Å²) in [5.41, 5.74) is 2.29. The maximum Gasteiger partial charge on any atom is 0.242 e. The molecule has 1 saturated carbocycles. The monoisotopic (exact) mass is 485 g/mol. The average molecular weight is 486 g/mol. The molecule has 4 rings (SSSR count). The first-order valence-corrected chi connectivity index (χ1v) is 12.7. The summed E-state index contributed by atoms with van der Waals surface area (Å²) in [6, 6.07) is 8.79. The lowest BCUT2D eigenvalue weighted by Crippen LogP contribution is -2.41. The molecule has 10 heteroatoms. The van der Waals surface area contributed by atoms with E-state index in [-0.39, 0.29) is 34.6 Å². The third kappa shape index (κ3) is 5.68. The number of carbonyl (C=O) groups excluding carboxylic acids is 1. The Morgan fingerprint density at radius 3 is 2.38 bits per heavy atom. The minimum Gasteiger partial charge on any atom is -0.349 e. The second-order valence-corrected chi connectivity index (χ2v) is 10.4. The minimum absolute atomic E-state index is 0.0617. The van der Waals surface area contributed by atoms with E-state index >= 15 is 0 Å². The van der Waals surface area contributed by atoms with E-state index in [1.807, 2.05) is 13.1 Å². The molecule has 8 nitrogen and oxygen atoms in total. The van der Waals surface area contributed by atoms with Crippen LogP contribution in [0.15, 0.2) is 59.9 Å². The molecule has 180 valence electrons. The van der Waals surface area contributed by atoms with Crippen molar-refractivity contribution >= 4 is 15.9 Å². The van der Waals surface area contributed by atoms with Gasteiger partial charge < -0.3 is 5.32 Å². The zero-order valence-corrected chi connectivity index (χ0v) is 19.9. The number of benzene rings is 1. The number of hydrogen-bond acceptors (Lipinski definition) is 5. The highest BCUT2D eigenvalue weighted by atomic mass is 32.2. The quantitative estimate of drug-likeness (QED) is 0.534. The molecule has 1 aliphatic carbocycles. The van der Waals surface area contributed by atoms with Gasteiger partial charge in [-0.15, -0.1) is 0 Å². The van der Waals surface area contributed by atoms with Crippen molar-refractivity contribution in [2.24, 2.45) is 13.0 Å². The summed E-state index contributed by atoms with van der Waals surface area (Å²) in [4.78, 5) is 17.0. The van der Waals surface area contributed by atoms with Gasteiger partial charge in [0.2, 0.25) is 15.9 Å². The molecule has 0 bridgehead atoms. The Bertz CT molecular complexity index is 1230. The number of pyridine rings is 1. The van der Waals surface area contributed by atoms with Crippen LogP contribution in [0.25, 0.3) is 11.3 Å². The summed E-state index contributed by atoms with van der Waals surface area (Å²) in [6.45, 7) is 1.86. The van der Waals surface area contributed by atoms with Crippen LogP contribution < -0.4 is 10.0 Å². The number of sulfonamides is 1. The lowest BCUT2D eigenvalue weighted by atomic mass is 9.85. The molecule has 1 aromatic carbocycles. The number of hydrogen-bond donors (Lipinski definition) is 2. The van der Waals surface area contributed by atoms with Crippen molar-refractivity contribution in [1.29, 1.82) is 0 Å². The van der Waals surface area contributed by atoms with E-state index in [1.54, 1.807) is 36.1 Å². The van der Waals surface area contributed by atoms with Crippen molar-refractivity contribution < 1.29 is 17.6 Å². The fraction of sp³-hybridized carbons (Fsp3) is 0.375. The molecular formula is C24H28FN5O3S. The van der Waals surface area contributed by atoms with Crippen LogP contribution in [0.1, 0.15) is 44.2 Å². The number of aromatic nitrogens is 3. The van der Waals surface area contributed by atoms with Crippen molar-refractivity contribution in [2.45, 2.75) is 49.6 Å². The number of aryl methyl sites for hydroxylation is 1. The molecule has 0 saturated heterocycles. The highest BCUT2D eigenvalue weighted by Gasteiger charge is 2.30.